The lowest BCUT2D eigenvalue weighted by molar-refractivity contribution is -0.131. The maximum atomic E-state index is 13.3. The number of ether oxygens (including phenoxy) is 1. The van der Waals surface area contributed by atoms with Crippen molar-refractivity contribution in [1.29, 1.82) is 0 Å². The number of carboxylic acid groups (broad SMARTS) is 1. The van der Waals surface area contributed by atoms with E-state index >= 15 is 0 Å². The van der Waals surface area contributed by atoms with Crippen molar-refractivity contribution in [3.63, 3.8) is 0 Å². The Morgan fingerprint density at radius 1 is 1.06 bits per heavy atom. The lowest BCUT2D eigenvalue weighted by Gasteiger charge is -2.17. The Hall–Kier alpha value is -3.58. The van der Waals surface area contributed by atoms with E-state index in [1.165, 1.54) is 6.08 Å². The molecule has 0 radical (unpaired) electrons. The molecule has 0 saturated carbocycles. The SMILES string of the molecule is Cc1ccc(OCc2ccc(/C=C/C(=O)O)cc2)c(NS(=O)(=O)c2ccccc2CC(C)C)c1. The maximum Gasteiger partial charge on any atom is 0.328 e. The molecule has 0 spiro atoms. The monoisotopic (exact) mass is 479 g/mol. The van der Waals surface area contributed by atoms with Crippen LogP contribution in [0.1, 0.15) is 36.1 Å². The minimum Gasteiger partial charge on any atom is -0.487 e. The van der Waals surface area contributed by atoms with Gasteiger partial charge < -0.3 is 9.84 Å². The fourth-order valence-corrected chi connectivity index (χ4v) is 4.79. The van der Waals surface area contributed by atoms with Gasteiger partial charge in [-0.3, -0.25) is 4.72 Å². The molecule has 0 heterocycles. The Labute approximate surface area is 201 Å². The predicted molar refractivity (Wildman–Crippen MR) is 134 cm³/mol. The molecule has 3 rings (SSSR count). The molecule has 0 aliphatic heterocycles. The molecule has 0 bridgehead atoms. The molecule has 0 aliphatic carbocycles. The second-order valence-electron chi connectivity index (χ2n) is 8.51. The largest absolute Gasteiger partial charge is 0.487 e. The first-order valence-electron chi connectivity index (χ1n) is 11.0. The number of carboxylic acids is 1. The number of anilines is 1. The first-order valence-corrected chi connectivity index (χ1v) is 12.5. The highest BCUT2D eigenvalue weighted by Gasteiger charge is 2.20. The van der Waals surface area contributed by atoms with Gasteiger partial charge in [-0.05, 0) is 65.8 Å². The van der Waals surface area contributed by atoms with Gasteiger partial charge in [0.15, 0.2) is 0 Å². The Morgan fingerprint density at radius 2 is 1.76 bits per heavy atom. The summed E-state index contributed by atoms with van der Waals surface area (Å²) in [5.41, 5.74) is 3.67. The standard InChI is InChI=1S/C27H29NO5S/c1-19(2)16-23-6-4-5-7-26(23)34(31,32)28-24-17-20(3)8-14-25(24)33-18-22-11-9-21(10-12-22)13-15-27(29)30/h4-15,17,19,28H,16,18H2,1-3H3,(H,29,30)/b15-13+. The van der Waals surface area contributed by atoms with Gasteiger partial charge in [0.2, 0.25) is 0 Å². The lowest BCUT2D eigenvalue weighted by Crippen LogP contribution is -2.16. The number of sulfonamides is 1. The highest BCUT2D eigenvalue weighted by Crippen LogP contribution is 2.30. The average molecular weight is 480 g/mol. The number of aryl methyl sites for hydroxylation is 1. The number of hydrogen-bond acceptors (Lipinski definition) is 4. The van der Waals surface area contributed by atoms with Crippen LogP contribution in [-0.2, 0) is 27.8 Å². The molecule has 0 amide bonds. The summed E-state index contributed by atoms with van der Waals surface area (Å²) in [5.74, 6) is -0.265. The number of nitrogens with one attached hydrogen (secondary N) is 1. The van der Waals surface area contributed by atoms with Crippen LogP contribution in [0.4, 0.5) is 5.69 Å². The van der Waals surface area contributed by atoms with Crippen LogP contribution in [-0.4, -0.2) is 19.5 Å². The summed E-state index contributed by atoms with van der Waals surface area (Å²) in [6.45, 7) is 6.22. The smallest absolute Gasteiger partial charge is 0.328 e. The van der Waals surface area contributed by atoms with Crippen molar-refractivity contribution in [2.24, 2.45) is 5.92 Å². The van der Waals surface area contributed by atoms with Crippen LogP contribution in [0.3, 0.4) is 0 Å². The van der Waals surface area contributed by atoms with Crippen molar-refractivity contribution >= 4 is 27.8 Å². The summed E-state index contributed by atoms with van der Waals surface area (Å²) in [6.07, 6.45) is 3.25. The molecule has 0 aromatic heterocycles. The maximum absolute atomic E-state index is 13.3. The second-order valence-corrected chi connectivity index (χ2v) is 10.2. The molecule has 0 saturated heterocycles. The molecule has 2 N–H and O–H groups in total. The fraction of sp³-hybridized carbons (Fsp3) is 0.222. The van der Waals surface area contributed by atoms with Crippen molar-refractivity contribution in [2.75, 3.05) is 4.72 Å². The summed E-state index contributed by atoms with van der Waals surface area (Å²) in [5, 5.41) is 8.74. The van der Waals surface area contributed by atoms with Gasteiger partial charge in [-0.25, -0.2) is 13.2 Å². The van der Waals surface area contributed by atoms with Crippen LogP contribution in [0.25, 0.3) is 6.08 Å². The Morgan fingerprint density at radius 3 is 2.44 bits per heavy atom. The highest BCUT2D eigenvalue weighted by atomic mass is 32.2. The summed E-state index contributed by atoms with van der Waals surface area (Å²) < 4.78 is 35.2. The van der Waals surface area contributed by atoms with Crippen molar-refractivity contribution in [3.05, 3.63) is 95.1 Å². The predicted octanol–water partition coefficient (Wildman–Crippen LogP) is 5.67. The van der Waals surface area contributed by atoms with Crippen LogP contribution in [0.15, 0.2) is 77.7 Å². The summed E-state index contributed by atoms with van der Waals surface area (Å²) in [6, 6.07) is 19.7. The summed E-state index contributed by atoms with van der Waals surface area (Å²) in [7, 11) is -3.82. The van der Waals surface area contributed by atoms with E-state index in [1.807, 2.05) is 37.3 Å². The van der Waals surface area contributed by atoms with Crippen LogP contribution in [0, 0.1) is 12.8 Å². The van der Waals surface area contributed by atoms with E-state index < -0.39 is 16.0 Å². The molecule has 0 unspecified atom stereocenters. The zero-order valence-corrected chi connectivity index (χ0v) is 20.3. The van der Waals surface area contributed by atoms with Crippen molar-refractivity contribution < 1.29 is 23.1 Å². The Kier molecular flexibility index (Phi) is 8.12. The molecule has 0 aliphatic rings. The van der Waals surface area contributed by atoms with E-state index in [0.29, 0.717) is 23.8 Å². The number of rotatable bonds is 10. The molecule has 178 valence electrons. The normalized spacial score (nSPS) is 11.6. The number of carbonyl (C=O) groups is 1. The molecule has 3 aromatic rings. The fourth-order valence-electron chi connectivity index (χ4n) is 3.48. The van der Waals surface area contributed by atoms with Crippen molar-refractivity contribution in [3.8, 4) is 5.75 Å². The van der Waals surface area contributed by atoms with Gasteiger partial charge in [0.25, 0.3) is 10.0 Å². The van der Waals surface area contributed by atoms with E-state index in [9.17, 15) is 13.2 Å². The van der Waals surface area contributed by atoms with Gasteiger partial charge >= 0.3 is 5.97 Å². The lowest BCUT2D eigenvalue weighted by atomic mass is 10.0. The van der Waals surface area contributed by atoms with Gasteiger partial charge in [-0.2, -0.15) is 0 Å². The number of aliphatic carboxylic acids is 1. The van der Waals surface area contributed by atoms with E-state index in [2.05, 4.69) is 18.6 Å². The van der Waals surface area contributed by atoms with Crippen LogP contribution < -0.4 is 9.46 Å². The van der Waals surface area contributed by atoms with E-state index in [0.717, 1.165) is 28.3 Å². The molecule has 0 fully saturated rings. The summed E-state index contributed by atoms with van der Waals surface area (Å²) in [4.78, 5) is 10.9. The Balaban J connectivity index is 1.80. The van der Waals surface area contributed by atoms with Gasteiger partial charge in [-0.15, -0.1) is 0 Å². The molecule has 7 heteroatoms. The first kappa shape index (κ1) is 25.1. The van der Waals surface area contributed by atoms with Crippen molar-refractivity contribution in [2.45, 2.75) is 38.7 Å². The molecular formula is C27H29NO5S. The van der Waals surface area contributed by atoms with E-state index in [-0.39, 0.29) is 11.5 Å². The second kappa shape index (κ2) is 11.0. The highest BCUT2D eigenvalue weighted by molar-refractivity contribution is 7.92. The van der Waals surface area contributed by atoms with Gasteiger partial charge in [0.05, 0.1) is 10.6 Å². The van der Waals surface area contributed by atoms with Crippen LogP contribution in [0.2, 0.25) is 0 Å². The average Bonchev–Trinajstić information content (AvgIpc) is 2.77. The number of benzene rings is 3. The van der Waals surface area contributed by atoms with Crippen LogP contribution >= 0.6 is 0 Å². The van der Waals surface area contributed by atoms with Gasteiger partial charge in [0, 0.05) is 6.08 Å². The molecule has 6 nitrogen and oxygen atoms in total. The minimum absolute atomic E-state index is 0.227. The third-order valence-electron chi connectivity index (χ3n) is 5.06. The number of hydrogen-bond donors (Lipinski definition) is 2. The van der Waals surface area contributed by atoms with Gasteiger partial charge in [-0.1, -0.05) is 62.4 Å². The van der Waals surface area contributed by atoms with Crippen molar-refractivity contribution in [1.82, 2.24) is 0 Å². The third-order valence-corrected chi connectivity index (χ3v) is 6.53. The Bertz CT molecular complexity index is 1280. The topological polar surface area (TPSA) is 92.7 Å². The quantitative estimate of drug-likeness (QED) is 0.366. The zero-order chi connectivity index (χ0) is 24.7. The summed E-state index contributed by atoms with van der Waals surface area (Å²) >= 11 is 0. The van der Waals surface area contributed by atoms with E-state index in [4.69, 9.17) is 9.84 Å². The minimum atomic E-state index is -3.82. The molecule has 34 heavy (non-hydrogen) atoms. The first-order chi connectivity index (χ1) is 16.1. The third kappa shape index (κ3) is 6.96. The van der Waals surface area contributed by atoms with E-state index in [1.54, 1.807) is 36.4 Å². The molecule has 3 aromatic carbocycles. The van der Waals surface area contributed by atoms with Gasteiger partial charge in [0.1, 0.15) is 12.4 Å². The molecule has 0 atom stereocenters. The zero-order valence-electron chi connectivity index (χ0n) is 19.5. The molecular weight excluding hydrogens is 450 g/mol. The van der Waals surface area contributed by atoms with Crippen LogP contribution in [0.5, 0.6) is 5.75 Å².